The van der Waals surface area contributed by atoms with Crippen LogP contribution in [0, 0.1) is 0 Å². The highest BCUT2D eigenvalue weighted by Gasteiger charge is 2.48. The molecule has 2 aromatic carbocycles. The van der Waals surface area contributed by atoms with Gasteiger partial charge < -0.3 is 19.4 Å². The SMILES string of the molecule is CN(C)C(=O)C1(N2CCCCC2)CCN(CC[C@@]2(c3ccc(Cl)c(Cl)c3)CN(C(=O)c3ccccc3)CCO2)CC1.Cl. The highest BCUT2D eigenvalue weighted by atomic mass is 35.5. The van der Waals surface area contributed by atoms with Crippen LogP contribution in [0.5, 0.6) is 0 Å². The Balaban J connectivity index is 0.00000405. The van der Waals surface area contributed by atoms with Gasteiger partial charge in [0.2, 0.25) is 5.91 Å². The average Bonchev–Trinajstić information content (AvgIpc) is 3.02. The number of piperidine rings is 2. The van der Waals surface area contributed by atoms with Crippen LogP contribution in [0.3, 0.4) is 0 Å². The van der Waals surface area contributed by atoms with Gasteiger partial charge in [-0.05, 0) is 75.0 Å². The first kappa shape index (κ1) is 33.0. The Kier molecular flexibility index (Phi) is 11.2. The van der Waals surface area contributed by atoms with Crippen LogP contribution in [0.25, 0.3) is 0 Å². The van der Waals surface area contributed by atoms with Crippen LogP contribution in [-0.2, 0) is 15.1 Å². The molecular weight excluding hydrogens is 595 g/mol. The molecule has 0 N–H and O–H groups in total. The normalized spacial score (nSPS) is 23.2. The lowest BCUT2D eigenvalue weighted by Crippen LogP contribution is -2.64. The Morgan fingerprint density at radius 1 is 0.905 bits per heavy atom. The number of likely N-dealkylation sites (N-methyl/N-ethyl adjacent to an activating group) is 1. The predicted octanol–water partition coefficient (Wildman–Crippen LogP) is 5.58. The predicted molar refractivity (Wildman–Crippen MR) is 171 cm³/mol. The van der Waals surface area contributed by atoms with Gasteiger partial charge in [0.15, 0.2) is 0 Å². The third-order valence-electron chi connectivity index (χ3n) is 9.22. The van der Waals surface area contributed by atoms with E-state index in [1.807, 2.05) is 67.5 Å². The van der Waals surface area contributed by atoms with Crippen molar-refractivity contribution in [3.8, 4) is 0 Å². The van der Waals surface area contributed by atoms with E-state index in [1.165, 1.54) is 6.42 Å². The van der Waals surface area contributed by atoms with E-state index in [0.717, 1.165) is 64.0 Å². The van der Waals surface area contributed by atoms with Gasteiger partial charge in [-0.1, -0.05) is 53.9 Å². The van der Waals surface area contributed by atoms with Gasteiger partial charge in [0.25, 0.3) is 5.91 Å². The van der Waals surface area contributed by atoms with E-state index < -0.39 is 11.1 Å². The van der Waals surface area contributed by atoms with Crippen LogP contribution in [0.4, 0.5) is 0 Å². The summed E-state index contributed by atoms with van der Waals surface area (Å²) in [4.78, 5) is 35.6. The Labute approximate surface area is 266 Å². The summed E-state index contributed by atoms with van der Waals surface area (Å²) in [6.07, 6.45) is 5.91. The number of morpholine rings is 1. The van der Waals surface area contributed by atoms with Crippen molar-refractivity contribution in [2.45, 2.75) is 49.7 Å². The lowest BCUT2D eigenvalue weighted by atomic mass is 9.82. The molecule has 0 aliphatic carbocycles. The molecule has 3 saturated heterocycles. The lowest BCUT2D eigenvalue weighted by Gasteiger charge is -2.50. The molecule has 3 aliphatic rings. The summed E-state index contributed by atoms with van der Waals surface area (Å²) in [6.45, 7) is 5.89. The van der Waals surface area contributed by atoms with Crippen molar-refractivity contribution in [1.29, 1.82) is 0 Å². The summed E-state index contributed by atoms with van der Waals surface area (Å²) in [5, 5.41) is 0.972. The molecule has 2 amide bonds. The third-order valence-corrected chi connectivity index (χ3v) is 9.96. The van der Waals surface area contributed by atoms with Crippen LogP contribution in [-0.4, -0.2) is 103 Å². The number of ether oxygens (including phenoxy) is 1. The molecule has 3 fully saturated rings. The maximum Gasteiger partial charge on any atom is 0.254 e. The van der Waals surface area contributed by atoms with Gasteiger partial charge in [0, 0.05) is 45.8 Å². The van der Waals surface area contributed by atoms with E-state index in [9.17, 15) is 9.59 Å². The van der Waals surface area contributed by atoms with Crippen LogP contribution < -0.4 is 0 Å². The molecule has 3 aliphatic heterocycles. The van der Waals surface area contributed by atoms with Crippen LogP contribution >= 0.6 is 35.6 Å². The summed E-state index contributed by atoms with van der Waals surface area (Å²) < 4.78 is 6.57. The Morgan fingerprint density at radius 3 is 2.24 bits per heavy atom. The summed E-state index contributed by atoms with van der Waals surface area (Å²) in [5.41, 5.74) is 0.479. The number of carbonyl (C=O) groups excluding carboxylic acids is 2. The molecule has 5 rings (SSSR count). The number of carbonyl (C=O) groups is 2. The minimum absolute atomic E-state index is 0. The first-order chi connectivity index (χ1) is 19.7. The standard InChI is InChI=1S/C32H42Cl2N4O3.ClH/c1-35(2)30(40)31(38-16-7-4-8-17-38)13-18-36(19-14-31)20-15-32(26-11-12-27(33)28(34)23-26)24-37(21-22-41-32)29(39)25-9-5-3-6-10-25;/h3,5-6,9-12,23H,4,7-8,13-22,24H2,1-2H3;1H/t32-;/m0./s1. The van der Waals surface area contributed by atoms with Gasteiger partial charge in [-0.2, -0.15) is 0 Å². The van der Waals surface area contributed by atoms with E-state index in [4.69, 9.17) is 27.9 Å². The zero-order valence-corrected chi connectivity index (χ0v) is 27.0. The second-order valence-electron chi connectivity index (χ2n) is 11.9. The second kappa shape index (κ2) is 14.3. The Morgan fingerprint density at radius 2 is 1.60 bits per heavy atom. The largest absolute Gasteiger partial charge is 0.367 e. The fraction of sp³-hybridized carbons (Fsp3) is 0.562. The number of hydrogen-bond acceptors (Lipinski definition) is 5. The van der Waals surface area contributed by atoms with Gasteiger partial charge in [0.05, 0.1) is 23.2 Å². The molecule has 0 bridgehead atoms. The summed E-state index contributed by atoms with van der Waals surface area (Å²) in [6, 6.07) is 15.1. The number of rotatable bonds is 7. The van der Waals surface area contributed by atoms with Crippen LogP contribution in [0.15, 0.2) is 48.5 Å². The fourth-order valence-corrected chi connectivity index (χ4v) is 7.16. The van der Waals surface area contributed by atoms with Crippen molar-refractivity contribution in [3.05, 3.63) is 69.7 Å². The Hall–Kier alpha value is -1.87. The van der Waals surface area contributed by atoms with Gasteiger partial charge in [-0.25, -0.2) is 0 Å². The van der Waals surface area contributed by atoms with Crippen LogP contribution in [0.1, 0.15) is 54.4 Å². The van der Waals surface area contributed by atoms with Crippen LogP contribution in [0.2, 0.25) is 10.0 Å². The van der Waals surface area contributed by atoms with E-state index in [1.54, 1.807) is 4.90 Å². The molecule has 3 heterocycles. The molecule has 7 nitrogen and oxygen atoms in total. The topological polar surface area (TPSA) is 56.3 Å². The smallest absolute Gasteiger partial charge is 0.254 e. The van der Waals surface area contributed by atoms with E-state index in [-0.39, 0.29) is 24.2 Å². The molecule has 0 aromatic heterocycles. The number of benzene rings is 2. The van der Waals surface area contributed by atoms with E-state index >= 15 is 0 Å². The van der Waals surface area contributed by atoms with Crippen molar-refractivity contribution >= 4 is 47.4 Å². The summed E-state index contributed by atoms with van der Waals surface area (Å²) in [5.74, 6) is 0.238. The van der Waals surface area contributed by atoms with Crippen molar-refractivity contribution in [2.24, 2.45) is 0 Å². The number of halogens is 3. The molecule has 230 valence electrons. The molecule has 0 radical (unpaired) electrons. The average molecular weight is 638 g/mol. The van der Waals surface area contributed by atoms with Crippen molar-refractivity contribution < 1.29 is 14.3 Å². The zero-order valence-electron chi connectivity index (χ0n) is 24.7. The van der Waals surface area contributed by atoms with Crippen molar-refractivity contribution in [3.63, 3.8) is 0 Å². The highest BCUT2D eigenvalue weighted by molar-refractivity contribution is 6.42. The molecule has 2 aromatic rings. The van der Waals surface area contributed by atoms with Gasteiger partial charge >= 0.3 is 0 Å². The second-order valence-corrected chi connectivity index (χ2v) is 12.7. The van der Waals surface area contributed by atoms with Gasteiger partial charge in [0.1, 0.15) is 11.1 Å². The molecule has 0 saturated carbocycles. The maximum absolute atomic E-state index is 13.5. The molecule has 10 heteroatoms. The first-order valence-corrected chi connectivity index (χ1v) is 15.6. The van der Waals surface area contributed by atoms with Gasteiger partial charge in [-0.15, -0.1) is 12.4 Å². The minimum atomic E-state index is -0.711. The third kappa shape index (κ3) is 6.92. The first-order valence-electron chi connectivity index (χ1n) is 14.9. The summed E-state index contributed by atoms with van der Waals surface area (Å²) in [7, 11) is 3.76. The van der Waals surface area contributed by atoms with Crippen molar-refractivity contribution in [2.75, 3.05) is 66.5 Å². The van der Waals surface area contributed by atoms with Gasteiger partial charge in [-0.3, -0.25) is 14.5 Å². The molecule has 0 unspecified atom stereocenters. The number of nitrogens with zero attached hydrogens (tertiary/aromatic N) is 4. The number of hydrogen-bond donors (Lipinski definition) is 0. The lowest BCUT2D eigenvalue weighted by molar-refractivity contribution is -0.147. The number of likely N-dealkylation sites (tertiary alicyclic amines) is 2. The monoisotopic (exact) mass is 636 g/mol. The summed E-state index contributed by atoms with van der Waals surface area (Å²) >= 11 is 12.8. The van der Waals surface area contributed by atoms with Crippen molar-refractivity contribution in [1.82, 2.24) is 19.6 Å². The molecular formula is C32H43Cl3N4O3. The minimum Gasteiger partial charge on any atom is -0.367 e. The molecule has 1 atom stereocenters. The Bertz CT molecular complexity index is 1220. The molecule has 42 heavy (non-hydrogen) atoms. The zero-order chi connectivity index (χ0) is 29.0. The number of amides is 2. The van der Waals surface area contributed by atoms with E-state index in [0.29, 0.717) is 41.7 Å². The highest BCUT2D eigenvalue weighted by Crippen LogP contribution is 2.39. The fourth-order valence-electron chi connectivity index (χ4n) is 6.86. The maximum atomic E-state index is 13.5. The van der Waals surface area contributed by atoms with E-state index in [2.05, 4.69) is 9.80 Å². The quantitative estimate of drug-likeness (QED) is 0.397. The molecule has 0 spiro atoms.